The molecule has 6 heteroatoms. The molecule has 0 fully saturated rings. The van der Waals surface area contributed by atoms with Gasteiger partial charge in [-0.15, -0.1) is 0 Å². The van der Waals surface area contributed by atoms with Crippen molar-refractivity contribution in [3.63, 3.8) is 0 Å². The molecule has 0 spiro atoms. The van der Waals surface area contributed by atoms with Crippen LogP contribution in [0.5, 0.6) is 11.5 Å². The third-order valence-electron chi connectivity index (χ3n) is 3.12. The predicted molar refractivity (Wildman–Crippen MR) is 82.8 cm³/mol. The van der Waals surface area contributed by atoms with Gasteiger partial charge in [-0.1, -0.05) is 24.3 Å². The third kappa shape index (κ3) is 3.55. The summed E-state index contributed by atoms with van der Waals surface area (Å²) in [5, 5.41) is 2.06. The summed E-state index contributed by atoms with van der Waals surface area (Å²) in [6.45, 7) is 0. The lowest BCUT2D eigenvalue weighted by atomic mass is 10.1. The van der Waals surface area contributed by atoms with Gasteiger partial charge < -0.3 is 9.47 Å². The van der Waals surface area contributed by atoms with E-state index >= 15 is 0 Å². The lowest BCUT2D eigenvalue weighted by Gasteiger charge is -2.11. The van der Waals surface area contributed by atoms with E-state index in [-0.39, 0.29) is 22.6 Å². The molecule has 0 radical (unpaired) electrons. The SMILES string of the molecule is COc1cccc(OC)c1C(=O)C(=O)NC(=O)c1ccccc1. The minimum atomic E-state index is -1.05. The van der Waals surface area contributed by atoms with E-state index in [0.29, 0.717) is 0 Å². The van der Waals surface area contributed by atoms with Gasteiger partial charge in [0.1, 0.15) is 17.1 Å². The van der Waals surface area contributed by atoms with Gasteiger partial charge in [-0.25, -0.2) is 0 Å². The van der Waals surface area contributed by atoms with E-state index in [4.69, 9.17) is 9.47 Å². The second-order valence-electron chi connectivity index (χ2n) is 4.52. The van der Waals surface area contributed by atoms with Crippen LogP contribution in [0.15, 0.2) is 48.5 Å². The lowest BCUT2D eigenvalue weighted by molar-refractivity contribution is -0.116. The highest BCUT2D eigenvalue weighted by Gasteiger charge is 2.26. The van der Waals surface area contributed by atoms with Crippen LogP contribution < -0.4 is 14.8 Å². The van der Waals surface area contributed by atoms with Crippen LogP contribution in [0.25, 0.3) is 0 Å². The molecule has 118 valence electrons. The van der Waals surface area contributed by atoms with E-state index in [0.717, 1.165) is 0 Å². The van der Waals surface area contributed by atoms with E-state index in [1.807, 2.05) is 0 Å². The molecule has 2 aromatic rings. The zero-order valence-corrected chi connectivity index (χ0v) is 12.7. The monoisotopic (exact) mass is 313 g/mol. The van der Waals surface area contributed by atoms with Crippen LogP contribution >= 0.6 is 0 Å². The maximum Gasteiger partial charge on any atom is 0.299 e. The zero-order chi connectivity index (χ0) is 16.8. The third-order valence-corrected chi connectivity index (χ3v) is 3.12. The van der Waals surface area contributed by atoms with Gasteiger partial charge in [-0.2, -0.15) is 0 Å². The Morgan fingerprint density at radius 3 is 1.91 bits per heavy atom. The van der Waals surface area contributed by atoms with Crippen LogP contribution in [-0.2, 0) is 4.79 Å². The Labute approximate surface area is 133 Å². The number of carbonyl (C=O) groups excluding carboxylic acids is 3. The number of rotatable bonds is 5. The average molecular weight is 313 g/mol. The Bertz CT molecular complexity index is 718. The minimum absolute atomic E-state index is 0.0316. The summed E-state index contributed by atoms with van der Waals surface area (Å²) in [4.78, 5) is 36.4. The molecule has 0 aromatic heterocycles. The van der Waals surface area contributed by atoms with Crippen molar-refractivity contribution in [1.29, 1.82) is 0 Å². The summed E-state index contributed by atoms with van der Waals surface area (Å²) in [6, 6.07) is 12.8. The molecule has 2 aromatic carbocycles. The molecule has 0 bridgehead atoms. The fourth-order valence-corrected chi connectivity index (χ4v) is 2.01. The number of hydrogen-bond acceptors (Lipinski definition) is 5. The fraction of sp³-hybridized carbons (Fsp3) is 0.118. The molecule has 2 amide bonds. The van der Waals surface area contributed by atoms with Crippen molar-refractivity contribution in [2.45, 2.75) is 0 Å². The molecule has 0 unspecified atom stereocenters. The van der Waals surface area contributed by atoms with Gasteiger partial charge in [-0.3, -0.25) is 19.7 Å². The Balaban J connectivity index is 2.24. The molecule has 1 N–H and O–H groups in total. The topological polar surface area (TPSA) is 81.7 Å². The van der Waals surface area contributed by atoms with Crippen LogP contribution in [0, 0.1) is 0 Å². The number of carbonyl (C=O) groups is 3. The molecule has 0 saturated carbocycles. The fourth-order valence-electron chi connectivity index (χ4n) is 2.01. The van der Waals surface area contributed by atoms with E-state index in [1.54, 1.807) is 24.3 Å². The lowest BCUT2D eigenvalue weighted by Crippen LogP contribution is -2.36. The number of ketones is 1. The van der Waals surface area contributed by atoms with Gasteiger partial charge in [0.15, 0.2) is 0 Å². The number of Topliss-reactive ketones (excluding diaryl/α,β-unsaturated/α-hetero) is 1. The summed E-state index contributed by atoms with van der Waals surface area (Å²) < 4.78 is 10.2. The second kappa shape index (κ2) is 7.22. The van der Waals surface area contributed by atoms with Crippen LogP contribution in [0.4, 0.5) is 0 Å². The molecule has 0 heterocycles. The number of imide groups is 1. The molecule has 2 rings (SSSR count). The number of methoxy groups -OCH3 is 2. The van der Waals surface area contributed by atoms with Crippen LogP contribution in [0.3, 0.4) is 0 Å². The Hall–Kier alpha value is -3.15. The molecule has 0 aliphatic carbocycles. The highest BCUT2D eigenvalue weighted by molar-refractivity contribution is 6.46. The summed E-state index contributed by atoms with van der Waals surface area (Å²) in [6.07, 6.45) is 0. The summed E-state index contributed by atoms with van der Waals surface area (Å²) in [5.41, 5.74) is 0.247. The van der Waals surface area contributed by atoms with E-state index in [9.17, 15) is 14.4 Å². The van der Waals surface area contributed by atoms with Crippen molar-refractivity contribution in [3.05, 3.63) is 59.7 Å². The number of ether oxygens (including phenoxy) is 2. The van der Waals surface area contributed by atoms with Crippen molar-refractivity contribution in [1.82, 2.24) is 5.32 Å². The van der Waals surface area contributed by atoms with Gasteiger partial charge in [0.25, 0.3) is 17.6 Å². The standard InChI is InChI=1S/C17H15NO5/c1-22-12-9-6-10-13(23-2)14(12)15(19)17(21)18-16(20)11-7-4-3-5-8-11/h3-10H,1-2H3,(H,18,20,21). The zero-order valence-electron chi connectivity index (χ0n) is 12.7. The predicted octanol–water partition coefficient (Wildman–Crippen LogP) is 1.84. The molecule has 0 saturated heterocycles. The largest absolute Gasteiger partial charge is 0.496 e. The maximum atomic E-state index is 12.3. The molecule has 0 atom stereocenters. The number of nitrogens with one attached hydrogen (secondary N) is 1. The minimum Gasteiger partial charge on any atom is -0.496 e. The van der Waals surface area contributed by atoms with Crippen LogP contribution in [-0.4, -0.2) is 31.8 Å². The van der Waals surface area contributed by atoms with E-state index < -0.39 is 17.6 Å². The van der Waals surface area contributed by atoms with Crippen molar-refractivity contribution in [2.24, 2.45) is 0 Å². The van der Waals surface area contributed by atoms with Crippen LogP contribution in [0.2, 0.25) is 0 Å². The number of hydrogen-bond donors (Lipinski definition) is 1. The first-order chi connectivity index (χ1) is 11.1. The molecular formula is C17H15NO5. The molecule has 6 nitrogen and oxygen atoms in total. The summed E-state index contributed by atoms with van der Waals surface area (Å²) >= 11 is 0. The molecule has 0 aliphatic heterocycles. The quantitative estimate of drug-likeness (QED) is 0.673. The summed E-state index contributed by atoms with van der Waals surface area (Å²) in [5.74, 6) is -2.24. The molecular weight excluding hydrogens is 298 g/mol. The van der Waals surface area contributed by atoms with Gasteiger partial charge >= 0.3 is 0 Å². The van der Waals surface area contributed by atoms with Crippen molar-refractivity contribution >= 4 is 17.6 Å². The van der Waals surface area contributed by atoms with Crippen molar-refractivity contribution in [3.8, 4) is 11.5 Å². The normalized spacial score (nSPS) is 9.83. The van der Waals surface area contributed by atoms with Gasteiger partial charge in [-0.05, 0) is 24.3 Å². The molecule has 23 heavy (non-hydrogen) atoms. The van der Waals surface area contributed by atoms with E-state index in [2.05, 4.69) is 5.32 Å². The van der Waals surface area contributed by atoms with Gasteiger partial charge in [0.05, 0.1) is 14.2 Å². The Morgan fingerprint density at radius 1 is 0.826 bits per heavy atom. The first-order valence-electron chi connectivity index (χ1n) is 6.74. The van der Waals surface area contributed by atoms with Crippen molar-refractivity contribution in [2.75, 3.05) is 14.2 Å². The van der Waals surface area contributed by atoms with Crippen LogP contribution in [0.1, 0.15) is 20.7 Å². The van der Waals surface area contributed by atoms with Gasteiger partial charge in [0.2, 0.25) is 0 Å². The van der Waals surface area contributed by atoms with Gasteiger partial charge in [0, 0.05) is 5.56 Å². The smallest absolute Gasteiger partial charge is 0.299 e. The number of benzene rings is 2. The number of amides is 2. The molecule has 0 aliphatic rings. The van der Waals surface area contributed by atoms with Crippen molar-refractivity contribution < 1.29 is 23.9 Å². The van der Waals surface area contributed by atoms with E-state index in [1.165, 1.54) is 38.5 Å². The Morgan fingerprint density at radius 2 is 1.39 bits per heavy atom. The summed E-state index contributed by atoms with van der Waals surface area (Å²) in [7, 11) is 2.75. The highest BCUT2D eigenvalue weighted by Crippen LogP contribution is 2.28. The second-order valence-corrected chi connectivity index (χ2v) is 4.52. The first kappa shape index (κ1) is 16.2. The highest BCUT2D eigenvalue weighted by atomic mass is 16.5. The average Bonchev–Trinajstić information content (AvgIpc) is 2.60. The maximum absolute atomic E-state index is 12.3. The Kier molecular flexibility index (Phi) is 5.09. The first-order valence-corrected chi connectivity index (χ1v) is 6.74.